The Hall–Kier alpha value is -2.46. The Morgan fingerprint density at radius 2 is 1.55 bits per heavy atom. The van der Waals surface area contributed by atoms with E-state index >= 15 is 0 Å². The number of rotatable bonds is 2. The summed E-state index contributed by atoms with van der Waals surface area (Å²) in [7, 11) is 0. The number of fused-ring (bicyclic) bond motifs is 1. The van der Waals surface area contributed by atoms with Gasteiger partial charge in [0, 0.05) is 16.5 Å². The standard InChI is InChI=1S/C15H9ClN2O2/c16-11-2-4-12(5-3-11)17-18-13-6-7-14-10(9-13)1-8-15(19)20-14/h1-9H. The molecule has 0 amide bonds. The van der Waals surface area contributed by atoms with Crippen molar-refractivity contribution in [2.45, 2.75) is 0 Å². The van der Waals surface area contributed by atoms with E-state index < -0.39 is 0 Å². The van der Waals surface area contributed by atoms with Crippen molar-refractivity contribution in [1.29, 1.82) is 0 Å². The van der Waals surface area contributed by atoms with Crippen LogP contribution in [0.3, 0.4) is 0 Å². The minimum atomic E-state index is -0.368. The Morgan fingerprint density at radius 3 is 2.35 bits per heavy atom. The van der Waals surface area contributed by atoms with Gasteiger partial charge in [0.2, 0.25) is 0 Å². The summed E-state index contributed by atoms with van der Waals surface area (Å²) in [5, 5.41) is 9.72. The van der Waals surface area contributed by atoms with E-state index in [2.05, 4.69) is 10.2 Å². The van der Waals surface area contributed by atoms with Gasteiger partial charge < -0.3 is 4.42 Å². The first kappa shape index (κ1) is 12.6. The van der Waals surface area contributed by atoms with Crippen LogP contribution in [-0.2, 0) is 0 Å². The van der Waals surface area contributed by atoms with Gasteiger partial charge in [-0.15, -0.1) is 0 Å². The number of halogens is 1. The van der Waals surface area contributed by atoms with Gasteiger partial charge in [-0.2, -0.15) is 10.2 Å². The number of nitrogens with zero attached hydrogens (tertiary/aromatic N) is 2. The zero-order chi connectivity index (χ0) is 13.9. The van der Waals surface area contributed by atoms with Gasteiger partial charge in [0.05, 0.1) is 11.4 Å². The van der Waals surface area contributed by atoms with E-state index in [9.17, 15) is 4.79 Å². The highest BCUT2D eigenvalue weighted by Crippen LogP contribution is 2.23. The van der Waals surface area contributed by atoms with Crippen molar-refractivity contribution in [1.82, 2.24) is 0 Å². The Labute approximate surface area is 119 Å². The topological polar surface area (TPSA) is 54.9 Å². The lowest BCUT2D eigenvalue weighted by Gasteiger charge is -1.97. The van der Waals surface area contributed by atoms with E-state index in [1.165, 1.54) is 6.07 Å². The molecule has 3 aromatic rings. The maximum absolute atomic E-state index is 11.1. The van der Waals surface area contributed by atoms with Crippen LogP contribution in [0.4, 0.5) is 11.4 Å². The highest BCUT2D eigenvalue weighted by Gasteiger charge is 1.98. The summed E-state index contributed by atoms with van der Waals surface area (Å²) in [5.74, 6) is 0. The monoisotopic (exact) mass is 284 g/mol. The molecule has 0 N–H and O–H groups in total. The SMILES string of the molecule is O=c1ccc2cc(N=Nc3ccc(Cl)cc3)ccc2o1. The second-order valence-corrected chi connectivity index (χ2v) is 4.59. The highest BCUT2D eigenvalue weighted by molar-refractivity contribution is 6.30. The molecule has 0 saturated heterocycles. The third-order valence-corrected chi connectivity index (χ3v) is 2.96. The van der Waals surface area contributed by atoms with Crippen LogP contribution < -0.4 is 5.63 Å². The number of azo groups is 1. The van der Waals surface area contributed by atoms with Gasteiger partial charge in [-0.3, -0.25) is 0 Å². The molecule has 4 nitrogen and oxygen atoms in total. The Morgan fingerprint density at radius 1 is 0.850 bits per heavy atom. The van der Waals surface area contributed by atoms with Crippen molar-refractivity contribution in [3.05, 3.63) is 70.0 Å². The summed E-state index contributed by atoms with van der Waals surface area (Å²) in [6.07, 6.45) is 0. The highest BCUT2D eigenvalue weighted by atomic mass is 35.5. The van der Waals surface area contributed by atoms with Crippen molar-refractivity contribution < 1.29 is 4.42 Å². The molecule has 0 aliphatic rings. The minimum absolute atomic E-state index is 0.368. The Bertz CT molecular complexity index is 838. The summed E-state index contributed by atoms with van der Waals surface area (Å²) < 4.78 is 5.05. The van der Waals surface area contributed by atoms with Gasteiger partial charge in [0.1, 0.15) is 5.58 Å². The second kappa shape index (κ2) is 5.27. The molecule has 1 heterocycles. The van der Waals surface area contributed by atoms with Crippen LogP contribution in [0.5, 0.6) is 0 Å². The molecule has 2 aromatic carbocycles. The van der Waals surface area contributed by atoms with Crippen LogP contribution in [0.2, 0.25) is 5.02 Å². The molecule has 3 rings (SSSR count). The van der Waals surface area contributed by atoms with E-state index in [4.69, 9.17) is 16.0 Å². The van der Waals surface area contributed by atoms with Crippen molar-refractivity contribution in [2.24, 2.45) is 10.2 Å². The first-order valence-electron chi connectivity index (χ1n) is 5.92. The van der Waals surface area contributed by atoms with Gasteiger partial charge >= 0.3 is 5.63 Å². The lowest BCUT2D eigenvalue weighted by Crippen LogP contribution is -1.93. The molecule has 0 atom stereocenters. The molecule has 0 spiro atoms. The number of benzene rings is 2. The van der Waals surface area contributed by atoms with Gasteiger partial charge in [0.15, 0.2) is 0 Å². The quantitative estimate of drug-likeness (QED) is 0.498. The zero-order valence-corrected chi connectivity index (χ0v) is 11.0. The van der Waals surface area contributed by atoms with Crippen molar-refractivity contribution in [2.75, 3.05) is 0 Å². The third-order valence-electron chi connectivity index (χ3n) is 2.71. The molecule has 98 valence electrons. The molecule has 0 unspecified atom stereocenters. The van der Waals surface area contributed by atoms with Crippen LogP contribution in [0.15, 0.2) is 74.0 Å². The molecule has 0 radical (unpaired) electrons. The molecule has 0 saturated carbocycles. The fourth-order valence-electron chi connectivity index (χ4n) is 1.74. The molecule has 0 bridgehead atoms. The summed E-state index contributed by atoms with van der Waals surface area (Å²) in [6.45, 7) is 0. The normalized spacial score (nSPS) is 11.2. The maximum atomic E-state index is 11.1. The third kappa shape index (κ3) is 2.75. The van der Waals surface area contributed by atoms with Crippen molar-refractivity contribution in [3.63, 3.8) is 0 Å². The van der Waals surface area contributed by atoms with E-state index in [-0.39, 0.29) is 5.63 Å². The van der Waals surface area contributed by atoms with Crippen LogP contribution in [0, 0.1) is 0 Å². The molecular weight excluding hydrogens is 276 g/mol. The smallest absolute Gasteiger partial charge is 0.336 e. The van der Waals surface area contributed by atoms with E-state index in [0.29, 0.717) is 22.0 Å². The molecule has 1 aromatic heterocycles. The molecule has 0 aliphatic carbocycles. The summed E-state index contributed by atoms with van der Waals surface area (Å²) in [5.41, 5.74) is 1.56. The van der Waals surface area contributed by atoms with E-state index in [1.54, 1.807) is 48.5 Å². The summed E-state index contributed by atoms with van der Waals surface area (Å²) >= 11 is 5.80. The average Bonchev–Trinajstić information content (AvgIpc) is 2.46. The van der Waals surface area contributed by atoms with Gasteiger partial charge in [-0.05, 0) is 48.5 Å². The molecule has 0 fully saturated rings. The van der Waals surface area contributed by atoms with Crippen LogP contribution >= 0.6 is 11.6 Å². The zero-order valence-electron chi connectivity index (χ0n) is 10.3. The van der Waals surface area contributed by atoms with E-state index in [1.807, 2.05) is 0 Å². The summed E-state index contributed by atoms with van der Waals surface area (Å²) in [6, 6.07) is 15.4. The lowest BCUT2D eigenvalue weighted by atomic mass is 10.2. The Kier molecular flexibility index (Phi) is 3.31. The first-order chi connectivity index (χ1) is 9.70. The molecule has 5 heteroatoms. The number of hydrogen-bond acceptors (Lipinski definition) is 4. The predicted octanol–water partition coefficient (Wildman–Crippen LogP) is 4.86. The van der Waals surface area contributed by atoms with Gasteiger partial charge in [-0.1, -0.05) is 11.6 Å². The van der Waals surface area contributed by atoms with Crippen molar-refractivity contribution >= 4 is 33.9 Å². The molecule has 0 aliphatic heterocycles. The van der Waals surface area contributed by atoms with E-state index in [0.717, 1.165) is 5.39 Å². The second-order valence-electron chi connectivity index (χ2n) is 4.15. The van der Waals surface area contributed by atoms with Crippen LogP contribution in [0.25, 0.3) is 11.0 Å². The first-order valence-corrected chi connectivity index (χ1v) is 6.30. The summed E-state index contributed by atoms with van der Waals surface area (Å²) in [4.78, 5) is 11.1. The Balaban J connectivity index is 1.92. The fourth-order valence-corrected chi connectivity index (χ4v) is 1.87. The van der Waals surface area contributed by atoms with Crippen molar-refractivity contribution in [3.8, 4) is 0 Å². The average molecular weight is 285 g/mol. The molecular formula is C15H9ClN2O2. The van der Waals surface area contributed by atoms with Crippen LogP contribution in [0.1, 0.15) is 0 Å². The number of hydrogen-bond donors (Lipinski definition) is 0. The largest absolute Gasteiger partial charge is 0.423 e. The van der Waals surface area contributed by atoms with Gasteiger partial charge in [0.25, 0.3) is 0 Å². The molecule has 20 heavy (non-hydrogen) atoms. The minimum Gasteiger partial charge on any atom is -0.423 e. The predicted molar refractivity (Wildman–Crippen MR) is 78.1 cm³/mol. The maximum Gasteiger partial charge on any atom is 0.336 e. The van der Waals surface area contributed by atoms with Gasteiger partial charge in [-0.25, -0.2) is 4.79 Å². The van der Waals surface area contributed by atoms with Crippen LogP contribution in [-0.4, -0.2) is 0 Å². The fraction of sp³-hybridized carbons (Fsp3) is 0. The lowest BCUT2D eigenvalue weighted by molar-refractivity contribution is 0.561.